The van der Waals surface area contributed by atoms with Crippen LogP contribution in [0.1, 0.15) is 11.3 Å². The van der Waals surface area contributed by atoms with Gasteiger partial charge in [-0.1, -0.05) is 11.0 Å². The normalized spacial score (nSPS) is 8.36. The van der Waals surface area contributed by atoms with Gasteiger partial charge in [0.1, 0.15) is 5.69 Å². The molecule has 0 atom stereocenters. The van der Waals surface area contributed by atoms with Crippen molar-refractivity contribution >= 4 is 5.69 Å². The third-order valence-corrected chi connectivity index (χ3v) is 1.52. The smallest absolute Gasteiger partial charge is 0.116 e. The first-order chi connectivity index (χ1) is 6.74. The standard InChI is InChI=1S/C9H9N5/c1-7-5-8(10)6-12-9(7)3-2-4-13-14-11/h5-6H,4,10H2,1H3. The van der Waals surface area contributed by atoms with Crippen LogP contribution in [0.5, 0.6) is 0 Å². The molecule has 0 radical (unpaired) electrons. The molecule has 0 saturated carbocycles. The zero-order valence-electron chi connectivity index (χ0n) is 7.73. The fraction of sp³-hybridized carbons (Fsp3) is 0.222. The van der Waals surface area contributed by atoms with Crippen molar-refractivity contribution in [1.29, 1.82) is 0 Å². The van der Waals surface area contributed by atoms with Gasteiger partial charge in [0.05, 0.1) is 18.4 Å². The predicted molar refractivity (Wildman–Crippen MR) is 54.3 cm³/mol. The number of aromatic nitrogens is 1. The number of azide groups is 1. The van der Waals surface area contributed by atoms with Crippen LogP contribution >= 0.6 is 0 Å². The lowest BCUT2D eigenvalue weighted by Crippen LogP contribution is -1.92. The van der Waals surface area contributed by atoms with Crippen LogP contribution in [0.25, 0.3) is 10.4 Å². The molecular formula is C9H9N5. The monoisotopic (exact) mass is 187 g/mol. The average Bonchev–Trinajstić information content (AvgIpc) is 2.15. The summed E-state index contributed by atoms with van der Waals surface area (Å²) in [7, 11) is 0. The van der Waals surface area contributed by atoms with E-state index in [2.05, 4.69) is 26.9 Å². The minimum atomic E-state index is 0.155. The zero-order chi connectivity index (χ0) is 10.4. The van der Waals surface area contributed by atoms with Gasteiger partial charge in [-0.25, -0.2) is 4.98 Å². The molecule has 0 fully saturated rings. The number of nitrogens with two attached hydrogens (primary N) is 1. The summed E-state index contributed by atoms with van der Waals surface area (Å²) in [5, 5.41) is 3.29. The van der Waals surface area contributed by atoms with Crippen LogP contribution in [0.2, 0.25) is 0 Å². The maximum Gasteiger partial charge on any atom is 0.116 e. The number of nitrogen functional groups attached to an aromatic ring is 1. The molecule has 1 rings (SSSR count). The molecule has 14 heavy (non-hydrogen) atoms. The Morgan fingerprint density at radius 2 is 2.50 bits per heavy atom. The molecule has 70 valence electrons. The van der Waals surface area contributed by atoms with Crippen molar-refractivity contribution < 1.29 is 0 Å². The topological polar surface area (TPSA) is 87.7 Å². The summed E-state index contributed by atoms with van der Waals surface area (Å²) in [6.07, 6.45) is 1.55. The molecule has 0 aromatic carbocycles. The van der Waals surface area contributed by atoms with E-state index in [-0.39, 0.29) is 6.54 Å². The Kier molecular flexibility index (Phi) is 3.36. The van der Waals surface area contributed by atoms with Crippen molar-refractivity contribution in [3.8, 4) is 11.8 Å². The Hall–Kier alpha value is -2.18. The second-order valence-electron chi connectivity index (χ2n) is 2.62. The Morgan fingerprint density at radius 1 is 1.71 bits per heavy atom. The number of hydrogen-bond acceptors (Lipinski definition) is 3. The van der Waals surface area contributed by atoms with E-state index in [0.29, 0.717) is 11.4 Å². The number of anilines is 1. The summed E-state index contributed by atoms with van der Waals surface area (Å²) in [6, 6.07) is 1.80. The summed E-state index contributed by atoms with van der Waals surface area (Å²) >= 11 is 0. The number of rotatable bonds is 1. The minimum Gasteiger partial charge on any atom is -0.397 e. The highest BCUT2D eigenvalue weighted by Gasteiger charge is 1.95. The quantitative estimate of drug-likeness (QED) is 0.313. The number of hydrogen-bond donors (Lipinski definition) is 1. The predicted octanol–water partition coefficient (Wildman–Crippen LogP) is 1.63. The fourth-order valence-corrected chi connectivity index (χ4v) is 0.918. The SMILES string of the molecule is Cc1cc(N)cnc1C#CCN=[N+]=[N-]. The molecule has 0 amide bonds. The highest BCUT2D eigenvalue weighted by atomic mass is 15.1. The number of aryl methyl sites for hydroxylation is 1. The first-order valence-electron chi connectivity index (χ1n) is 3.96. The van der Waals surface area contributed by atoms with Gasteiger partial charge in [-0.3, -0.25) is 0 Å². The van der Waals surface area contributed by atoms with E-state index in [0.717, 1.165) is 5.56 Å². The van der Waals surface area contributed by atoms with Gasteiger partial charge in [0.15, 0.2) is 0 Å². The van der Waals surface area contributed by atoms with Gasteiger partial charge < -0.3 is 5.73 Å². The van der Waals surface area contributed by atoms with Crippen molar-refractivity contribution in [3.05, 3.63) is 34.0 Å². The van der Waals surface area contributed by atoms with Gasteiger partial charge in [-0.15, -0.1) is 0 Å². The van der Waals surface area contributed by atoms with Gasteiger partial charge in [-0.05, 0) is 30.0 Å². The molecule has 0 aliphatic heterocycles. The summed E-state index contributed by atoms with van der Waals surface area (Å²) in [6.45, 7) is 2.03. The molecule has 0 saturated heterocycles. The second-order valence-corrected chi connectivity index (χ2v) is 2.62. The van der Waals surface area contributed by atoms with Crippen molar-refractivity contribution in [2.45, 2.75) is 6.92 Å². The highest BCUT2D eigenvalue weighted by molar-refractivity contribution is 5.44. The molecule has 1 aromatic rings. The van der Waals surface area contributed by atoms with Gasteiger partial charge >= 0.3 is 0 Å². The summed E-state index contributed by atoms with van der Waals surface area (Å²) in [5.74, 6) is 5.48. The zero-order valence-corrected chi connectivity index (χ0v) is 7.73. The van der Waals surface area contributed by atoms with Crippen LogP contribution in [0.15, 0.2) is 17.4 Å². The Bertz CT molecular complexity index is 434. The molecule has 5 nitrogen and oxygen atoms in total. The molecule has 5 heteroatoms. The van der Waals surface area contributed by atoms with Crippen LogP contribution < -0.4 is 5.73 Å². The van der Waals surface area contributed by atoms with Gasteiger partial charge in [0.2, 0.25) is 0 Å². The maximum absolute atomic E-state index is 8.01. The molecule has 0 aliphatic rings. The molecule has 2 N–H and O–H groups in total. The van der Waals surface area contributed by atoms with Gasteiger partial charge in [0.25, 0.3) is 0 Å². The molecule has 0 bridgehead atoms. The summed E-state index contributed by atoms with van der Waals surface area (Å²) < 4.78 is 0. The Balaban J connectivity index is 2.84. The van der Waals surface area contributed by atoms with Crippen molar-refractivity contribution in [2.75, 3.05) is 12.3 Å². The fourth-order valence-electron chi connectivity index (χ4n) is 0.918. The van der Waals surface area contributed by atoms with Crippen LogP contribution in [0.4, 0.5) is 5.69 Å². The maximum atomic E-state index is 8.01. The first-order valence-corrected chi connectivity index (χ1v) is 3.96. The van der Waals surface area contributed by atoms with E-state index in [1.54, 1.807) is 12.3 Å². The number of pyridine rings is 1. The minimum absolute atomic E-state index is 0.155. The van der Waals surface area contributed by atoms with Crippen molar-refractivity contribution in [2.24, 2.45) is 5.11 Å². The lowest BCUT2D eigenvalue weighted by Gasteiger charge is -1.97. The largest absolute Gasteiger partial charge is 0.397 e. The van der Waals surface area contributed by atoms with E-state index in [9.17, 15) is 0 Å². The van der Waals surface area contributed by atoms with Crippen molar-refractivity contribution in [1.82, 2.24) is 4.98 Å². The lowest BCUT2D eigenvalue weighted by atomic mass is 10.2. The third kappa shape index (κ3) is 2.70. The van der Waals surface area contributed by atoms with Crippen LogP contribution in [0, 0.1) is 18.8 Å². The highest BCUT2D eigenvalue weighted by Crippen LogP contribution is 2.07. The van der Waals surface area contributed by atoms with Crippen molar-refractivity contribution in [3.63, 3.8) is 0 Å². The Morgan fingerprint density at radius 3 is 3.14 bits per heavy atom. The van der Waals surface area contributed by atoms with E-state index in [4.69, 9.17) is 11.3 Å². The average molecular weight is 187 g/mol. The number of nitrogens with zero attached hydrogens (tertiary/aromatic N) is 4. The molecule has 0 unspecified atom stereocenters. The molecule has 1 aromatic heterocycles. The first kappa shape index (κ1) is 9.90. The molecule has 1 heterocycles. The third-order valence-electron chi connectivity index (χ3n) is 1.52. The van der Waals surface area contributed by atoms with E-state index in [1.807, 2.05) is 6.92 Å². The van der Waals surface area contributed by atoms with Gasteiger partial charge in [0, 0.05) is 4.91 Å². The van der Waals surface area contributed by atoms with Crippen LogP contribution in [-0.2, 0) is 0 Å². The van der Waals surface area contributed by atoms with Gasteiger partial charge in [-0.2, -0.15) is 0 Å². The Labute approximate surface area is 81.6 Å². The van der Waals surface area contributed by atoms with Crippen LogP contribution in [-0.4, -0.2) is 11.5 Å². The molecule has 0 spiro atoms. The van der Waals surface area contributed by atoms with E-state index >= 15 is 0 Å². The van der Waals surface area contributed by atoms with Crippen LogP contribution in [0.3, 0.4) is 0 Å². The molecule has 0 aliphatic carbocycles. The summed E-state index contributed by atoms with van der Waals surface area (Å²) in [5.41, 5.74) is 15.7. The lowest BCUT2D eigenvalue weighted by molar-refractivity contribution is 1.22. The van der Waals surface area contributed by atoms with E-state index in [1.165, 1.54) is 0 Å². The summed E-state index contributed by atoms with van der Waals surface area (Å²) in [4.78, 5) is 6.63. The van der Waals surface area contributed by atoms with E-state index < -0.39 is 0 Å². The second kappa shape index (κ2) is 4.75. The molecular weight excluding hydrogens is 178 g/mol.